The Balaban J connectivity index is 1.77. The van der Waals surface area contributed by atoms with Crippen LogP contribution in [0, 0.1) is 0 Å². The summed E-state index contributed by atoms with van der Waals surface area (Å²) in [5, 5.41) is 2.88. The summed E-state index contributed by atoms with van der Waals surface area (Å²) in [5.74, 6) is -0.103. The van der Waals surface area contributed by atoms with Gasteiger partial charge in [-0.2, -0.15) is 0 Å². The molecule has 0 radical (unpaired) electrons. The first-order valence-corrected chi connectivity index (χ1v) is 8.05. The van der Waals surface area contributed by atoms with E-state index in [0.29, 0.717) is 5.56 Å². The number of carbonyl (C=O) groups is 1. The van der Waals surface area contributed by atoms with Gasteiger partial charge in [0.1, 0.15) is 0 Å². The molecular formula is C16H12N2OSe. The molecule has 20 heavy (non-hydrogen) atoms. The number of amides is 1. The van der Waals surface area contributed by atoms with Crippen molar-refractivity contribution in [2.45, 2.75) is 0 Å². The average Bonchev–Trinajstić information content (AvgIpc) is 2.97. The SMILES string of the molecule is O=C(Nc1nc(-c2ccccc2)c[se]1)c1ccccc1. The summed E-state index contributed by atoms with van der Waals surface area (Å²) in [7, 11) is 0. The van der Waals surface area contributed by atoms with Crippen LogP contribution >= 0.6 is 0 Å². The van der Waals surface area contributed by atoms with E-state index in [1.165, 1.54) is 0 Å². The van der Waals surface area contributed by atoms with Gasteiger partial charge in [0, 0.05) is 0 Å². The van der Waals surface area contributed by atoms with Gasteiger partial charge in [-0.1, -0.05) is 0 Å². The van der Waals surface area contributed by atoms with Crippen LogP contribution in [-0.4, -0.2) is 25.4 Å². The first kappa shape index (κ1) is 12.9. The Hall–Kier alpha value is -2.16. The minimum absolute atomic E-state index is 0.0790. The monoisotopic (exact) mass is 328 g/mol. The van der Waals surface area contributed by atoms with Gasteiger partial charge in [0.05, 0.1) is 0 Å². The van der Waals surface area contributed by atoms with Gasteiger partial charge in [0.25, 0.3) is 0 Å². The van der Waals surface area contributed by atoms with Crippen LogP contribution < -0.4 is 5.32 Å². The molecule has 0 bridgehead atoms. The van der Waals surface area contributed by atoms with Crippen molar-refractivity contribution in [2.75, 3.05) is 5.32 Å². The molecule has 0 aliphatic rings. The maximum absolute atomic E-state index is 12.0. The number of benzene rings is 2. The van der Waals surface area contributed by atoms with Crippen molar-refractivity contribution < 1.29 is 4.79 Å². The molecule has 0 aliphatic carbocycles. The van der Waals surface area contributed by atoms with Crippen LogP contribution in [0.2, 0.25) is 0 Å². The van der Waals surface area contributed by atoms with E-state index in [0.717, 1.165) is 15.9 Å². The maximum atomic E-state index is 12.0. The molecule has 3 nitrogen and oxygen atoms in total. The molecule has 2 aromatic carbocycles. The van der Waals surface area contributed by atoms with E-state index in [-0.39, 0.29) is 20.4 Å². The first-order chi connectivity index (χ1) is 9.83. The fourth-order valence-corrected chi connectivity index (χ4v) is 3.33. The quantitative estimate of drug-likeness (QED) is 0.751. The van der Waals surface area contributed by atoms with Crippen molar-refractivity contribution in [2.24, 2.45) is 0 Å². The number of rotatable bonds is 3. The number of nitrogens with one attached hydrogen (secondary N) is 1. The van der Waals surface area contributed by atoms with Gasteiger partial charge < -0.3 is 0 Å². The van der Waals surface area contributed by atoms with Crippen molar-refractivity contribution >= 4 is 25.1 Å². The number of nitrogens with zero attached hydrogens (tertiary/aromatic N) is 1. The van der Waals surface area contributed by atoms with Crippen molar-refractivity contribution in [3.8, 4) is 11.3 Å². The summed E-state index contributed by atoms with van der Waals surface area (Å²) in [4.78, 5) is 18.6. The third kappa shape index (κ3) is 2.87. The standard InChI is InChI=1S/C16H12N2OSe/c19-15(13-9-5-2-6-10-13)18-16-17-14(11-20-16)12-7-3-1-4-8-12/h1-11H,(H,17,18,19). The second-order valence-electron chi connectivity index (χ2n) is 4.22. The number of anilines is 1. The molecular weight excluding hydrogens is 315 g/mol. The second kappa shape index (κ2) is 5.86. The number of carbonyl (C=O) groups excluding carboxylic acids is 1. The number of hydrogen-bond acceptors (Lipinski definition) is 2. The molecule has 4 heteroatoms. The van der Waals surface area contributed by atoms with E-state index in [9.17, 15) is 4.79 Å². The number of hydrogen-bond donors (Lipinski definition) is 1. The van der Waals surface area contributed by atoms with Crippen LogP contribution in [0.25, 0.3) is 11.3 Å². The van der Waals surface area contributed by atoms with E-state index >= 15 is 0 Å². The summed E-state index contributed by atoms with van der Waals surface area (Å²) < 4.78 is 0.755. The molecule has 0 spiro atoms. The van der Waals surface area contributed by atoms with E-state index in [4.69, 9.17) is 0 Å². The Morgan fingerprint density at radius 2 is 1.60 bits per heavy atom. The van der Waals surface area contributed by atoms with Gasteiger partial charge in [-0.05, 0) is 0 Å². The zero-order valence-corrected chi connectivity index (χ0v) is 12.3. The molecule has 0 aliphatic heterocycles. The van der Waals surface area contributed by atoms with Crippen molar-refractivity contribution in [1.29, 1.82) is 0 Å². The zero-order valence-electron chi connectivity index (χ0n) is 10.6. The topological polar surface area (TPSA) is 42.0 Å². The molecule has 0 atom stereocenters. The van der Waals surface area contributed by atoms with E-state index in [1.54, 1.807) is 12.1 Å². The minimum atomic E-state index is -0.103. The van der Waals surface area contributed by atoms with Gasteiger partial charge >= 0.3 is 123 Å². The Morgan fingerprint density at radius 1 is 0.950 bits per heavy atom. The fraction of sp³-hybridized carbons (Fsp3) is 0. The Morgan fingerprint density at radius 3 is 2.30 bits per heavy atom. The molecule has 0 saturated heterocycles. The van der Waals surface area contributed by atoms with Gasteiger partial charge in [-0.25, -0.2) is 0 Å². The summed E-state index contributed by atoms with van der Waals surface area (Å²) in [6.07, 6.45) is 0. The van der Waals surface area contributed by atoms with Crippen LogP contribution in [0.15, 0.2) is 65.6 Å². The molecule has 1 amide bonds. The molecule has 0 unspecified atom stereocenters. The predicted octanol–water partition coefficient (Wildman–Crippen LogP) is 3.06. The van der Waals surface area contributed by atoms with Crippen LogP contribution in [0.5, 0.6) is 0 Å². The molecule has 0 saturated carbocycles. The molecule has 3 aromatic rings. The van der Waals surface area contributed by atoms with Crippen molar-refractivity contribution in [1.82, 2.24) is 4.98 Å². The molecule has 1 heterocycles. The zero-order chi connectivity index (χ0) is 13.8. The van der Waals surface area contributed by atoms with Gasteiger partial charge in [0.2, 0.25) is 0 Å². The van der Waals surface area contributed by atoms with Crippen LogP contribution in [0.3, 0.4) is 0 Å². The van der Waals surface area contributed by atoms with E-state index in [2.05, 4.69) is 15.2 Å². The molecule has 1 aromatic heterocycles. The summed E-state index contributed by atoms with van der Waals surface area (Å²) in [5.41, 5.74) is 2.67. The second-order valence-corrected chi connectivity index (χ2v) is 6.02. The molecule has 98 valence electrons. The summed E-state index contributed by atoms with van der Waals surface area (Å²) in [6, 6.07) is 19.2. The van der Waals surface area contributed by atoms with Crippen molar-refractivity contribution in [3.05, 3.63) is 71.2 Å². The predicted molar refractivity (Wildman–Crippen MR) is 81.0 cm³/mol. The van der Waals surface area contributed by atoms with Crippen LogP contribution in [0.1, 0.15) is 10.4 Å². The molecule has 3 rings (SSSR count). The van der Waals surface area contributed by atoms with Crippen molar-refractivity contribution in [3.63, 3.8) is 0 Å². The van der Waals surface area contributed by atoms with E-state index in [1.807, 2.05) is 48.5 Å². The summed E-state index contributed by atoms with van der Waals surface area (Å²) in [6.45, 7) is 0. The Bertz CT molecular complexity index is 708. The Kier molecular flexibility index (Phi) is 3.77. The Labute approximate surface area is 123 Å². The molecule has 0 fully saturated rings. The third-order valence-corrected chi connectivity index (χ3v) is 4.42. The van der Waals surface area contributed by atoms with Gasteiger partial charge in [-0.15, -0.1) is 0 Å². The molecule has 1 N–H and O–H groups in total. The number of aromatic nitrogens is 1. The summed E-state index contributed by atoms with van der Waals surface area (Å²) >= 11 is 0.0790. The van der Waals surface area contributed by atoms with Gasteiger partial charge in [0.15, 0.2) is 0 Å². The van der Waals surface area contributed by atoms with Crippen LogP contribution in [-0.2, 0) is 0 Å². The van der Waals surface area contributed by atoms with Gasteiger partial charge in [-0.3, -0.25) is 0 Å². The third-order valence-electron chi connectivity index (χ3n) is 2.83. The van der Waals surface area contributed by atoms with Crippen LogP contribution in [0.4, 0.5) is 4.69 Å². The normalized spacial score (nSPS) is 10.2. The fourth-order valence-electron chi connectivity index (χ4n) is 1.83. The van der Waals surface area contributed by atoms with E-state index < -0.39 is 0 Å². The first-order valence-electron chi connectivity index (χ1n) is 6.20. The average molecular weight is 327 g/mol.